The standard InChI is InChI=1S/C50H37OP/c1-52(2,51)42-25-20-35(21-26-42)39-23-28-46-47-29-24-40(33-50(47)45-19-10-9-18-44(45)49(46)32-39)37-16-11-17-41(30-37)43-27-22-38(34-12-5-3-6-13-34)31-48(43)36-14-7-4-8-15-36/h3-33H,1-2H3. The highest BCUT2D eigenvalue weighted by Gasteiger charge is 2.15. The molecule has 0 saturated carbocycles. The first-order valence-corrected chi connectivity index (χ1v) is 20.4. The molecular weight excluding hydrogens is 648 g/mol. The van der Waals surface area contributed by atoms with E-state index in [4.69, 9.17) is 0 Å². The van der Waals surface area contributed by atoms with Crippen molar-refractivity contribution in [3.8, 4) is 55.6 Å². The molecule has 0 aliphatic rings. The van der Waals surface area contributed by atoms with Gasteiger partial charge in [0, 0.05) is 5.30 Å². The van der Waals surface area contributed by atoms with Crippen molar-refractivity contribution < 1.29 is 4.57 Å². The Morgan fingerprint density at radius 2 is 0.712 bits per heavy atom. The second-order valence-corrected chi connectivity index (χ2v) is 17.3. The van der Waals surface area contributed by atoms with Crippen LogP contribution in [0, 0.1) is 0 Å². The lowest BCUT2D eigenvalue weighted by Crippen LogP contribution is -2.01. The molecule has 9 aromatic rings. The summed E-state index contributed by atoms with van der Waals surface area (Å²) in [4.78, 5) is 0. The fourth-order valence-electron chi connectivity index (χ4n) is 7.66. The number of fused-ring (bicyclic) bond motifs is 6. The largest absolute Gasteiger partial charge is 0.319 e. The Morgan fingerprint density at radius 3 is 1.33 bits per heavy atom. The van der Waals surface area contributed by atoms with Gasteiger partial charge in [0.2, 0.25) is 0 Å². The van der Waals surface area contributed by atoms with Crippen molar-refractivity contribution in [1.29, 1.82) is 0 Å². The molecule has 0 heterocycles. The average molecular weight is 685 g/mol. The lowest BCUT2D eigenvalue weighted by atomic mass is 9.88. The van der Waals surface area contributed by atoms with Crippen LogP contribution in [0.15, 0.2) is 188 Å². The van der Waals surface area contributed by atoms with E-state index in [9.17, 15) is 4.57 Å². The molecule has 0 saturated heterocycles. The quantitative estimate of drug-likeness (QED) is 0.126. The molecule has 0 aliphatic carbocycles. The van der Waals surface area contributed by atoms with E-state index in [1.54, 1.807) is 0 Å². The van der Waals surface area contributed by atoms with Gasteiger partial charge in [0.25, 0.3) is 0 Å². The molecule has 1 nitrogen and oxygen atoms in total. The lowest BCUT2D eigenvalue weighted by Gasteiger charge is -2.15. The molecule has 0 fully saturated rings. The molecule has 0 N–H and O–H groups in total. The molecule has 0 atom stereocenters. The smallest absolute Gasteiger partial charge is 0.109 e. The van der Waals surface area contributed by atoms with Gasteiger partial charge in [-0.25, -0.2) is 0 Å². The molecular formula is C50H37OP. The molecule has 0 unspecified atom stereocenters. The molecule has 2 heteroatoms. The summed E-state index contributed by atoms with van der Waals surface area (Å²) < 4.78 is 12.6. The summed E-state index contributed by atoms with van der Waals surface area (Å²) in [6.07, 6.45) is 0. The molecule has 0 aromatic heterocycles. The molecule has 0 bridgehead atoms. The van der Waals surface area contributed by atoms with E-state index in [-0.39, 0.29) is 0 Å². The van der Waals surface area contributed by atoms with Crippen LogP contribution in [0.2, 0.25) is 0 Å². The molecule has 0 radical (unpaired) electrons. The third-order valence-electron chi connectivity index (χ3n) is 10.4. The second-order valence-electron chi connectivity index (χ2n) is 14.0. The van der Waals surface area contributed by atoms with E-state index in [1.807, 2.05) is 25.5 Å². The summed E-state index contributed by atoms with van der Waals surface area (Å²) >= 11 is 0. The third kappa shape index (κ3) is 5.84. The van der Waals surface area contributed by atoms with Crippen LogP contribution in [0.5, 0.6) is 0 Å². The van der Waals surface area contributed by atoms with Gasteiger partial charge in [-0.15, -0.1) is 0 Å². The van der Waals surface area contributed by atoms with Gasteiger partial charge in [0.15, 0.2) is 0 Å². The van der Waals surface area contributed by atoms with E-state index in [0.717, 1.165) is 16.4 Å². The predicted octanol–water partition coefficient (Wildman–Crippen LogP) is 13.7. The molecule has 52 heavy (non-hydrogen) atoms. The molecule has 9 rings (SSSR count). The summed E-state index contributed by atoms with van der Waals surface area (Å²) in [6, 6.07) is 67.8. The van der Waals surface area contributed by atoms with Crippen LogP contribution in [0.4, 0.5) is 0 Å². The monoisotopic (exact) mass is 684 g/mol. The minimum atomic E-state index is -2.30. The van der Waals surface area contributed by atoms with Crippen LogP contribution in [0.3, 0.4) is 0 Å². The van der Waals surface area contributed by atoms with Crippen LogP contribution >= 0.6 is 7.14 Å². The van der Waals surface area contributed by atoms with Gasteiger partial charge in [-0.1, -0.05) is 164 Å². The normalized spacial score (nSPS) is 11.7. The zero-order valence-corrected chi connectivity index (χ0v) is 30.1. The molecule has 0 aliphatic heterocycles. The number of hydrogen-bond acceptors (Lipinski definition) is 1. The minimum Gasteiger partial charge on any atom is -0.319 e. The second kappa shape index (κ2) is 13.0. The lowest BCUT2D eigenvalue weighted by molar-refractivity contribution is 0.588. The average Bonchev–Trinajstić information content (AvgIpc) is 3.21. The highest BCUT2D eigenvalue weighted by molar-refractivity contribution is 7.70. The van der Waals surface area contributed by atoms with Gasteiger partial charge in [0.05, 0.1) is 0 Å². The number of rotatable bonds is 6. The van der Waals surface area contributed by atoms with E-state index in [0.29, 0.717) is 0 Å². The number of benzene rings is 9. The van der Waals surface area contributed by atoms with Crippen molar-refractivity contribution in [1.82, 2.24) is 0 Å². The Kier molecular flexibility index (Phi) is 7.95. The summed E-state index contributed by atoms with van der Waals surface area (Å²) in [5, 5.41) is 8.38. The zero-order valence-electron chi connectivity index (χ0n) is 29.3. The van der Waals surface area contributed by atoms with Crippen molar-refractivity contribution in [3.05, 3.63) is 188 Å². The first-order valence-electron chi connectivity index (χ1n) is 17.8. The molecule has 248 valence electrons. The van der Waals surface area contributed by atoms with Crippen LogP contribution < -0.4 is 5.30 Å². The number of hydrogen-bond donors (Lipinski definition) is 0. The van der Waals surface area contributed by atoms with Crippen LogP contribution in [0.1, 0.15) is 0 Å². The molecule has 9 aromatic carbocycles. The van der Waals surface area contributed by atoms with Gasteiger partial charge in [-0.05, 0) is 126 Å². The Morgan fingerprint density at radius 1 is 0.288 bits per heavy atom. The highest BCUT2D eigenvalue weighted by atomic mass is 31.2. The fourth-order valence-corrected chi connectivity index (χ4v) is 8.52. The third-order valence-corrected chi connectivity index (χ3v) is 11.9. The minimum absolute atomic E-state index is 0.910. The van der Waals surface area contributed by atoms with Gasteiger partial charge in [-0.3, -0.25) is 0 Å². The van der Waals surface area contributed by atoms with Crippen LogP contribution in [-0.2, 0) is 4.57 Å². The topological polar surface area (TPSA) is 17.1 Å². The Balaban J connectivity index is 1.15. The van der Waals surface area contributed by atoms with E-state index in [1.165, 1.54) is 76.8 Å². The van der Waals surface area contributed by atoms with Crippen LogP contribution in [-0.4, -0.2) is 13.3 Å². The summed E-state index contributed by atoms with van der Waals surface area (Å²) in [5.41, 5.74) is 11.9. The van der Waals surface area contributed by atoms with Crippen molar-refractivity contribution >= 4 is 44.8 Å². The molecule has 0 amide bonds. The maximum absolute atomic E-state index is 12.6. The van der Waals surface area contributed by atoms with E-state index < -0.39 is 7.14 Å². The van der Waals surface area contributed by atoms with Crippen molar-refractivity contribution in [2.24, 2.45) is 0 Å². The first-order chi connectivity index (χ1) is 25.4. The molecule has 0 spiro atoms. The fraction of sp³-hybridized carbons (Fsp3) is 0.0400. The maximum Gasteiger partial charge on any atom is 0.109 e. The van der Waals surface area contributed by atoms with Crippen molar-refractivity contribution in [3.63, 3.8) is 0 Å². The summed E-state index contributed by atoms with van der Waals surface area (Å²) in [6.45, 7) is 3.65. The van der Waals surface area contributed by atoms with Gasteiger partial charge in [-0.2, -0.15) is 0 Å². The van der Waals surface area contributed by atoms with Crippen molar-refractivity contribution in [2.75, 3.05) is 13.3 Å². The maximum atomic E-state index is 12.6. The van der Waals surface area contributed by atoms with Crippen LogP contribution in [0.25, 0.3) is 88.0 Å². The summed E-state index contributed by atoms with van der Waals surface area (Å²) in [7, 11) is -2.30. The SMILES string of the molecule is CP(C)(=O)c1ccc(-c2ccc3c4ccc(-c5cccc(-c6ccc(-c7ccccc7)cc6-c6ccccc6)c5)cc4c4ccccc4c3c2)cc1. The van der Waals surface area contributed by atoms with Gasteiger partial charge >= 0.3 is 0 Å². The van der Waals surface area contributed by atoms with Gasteiger partial charge < -0.3 is 4.57 Å². The van der Waals surface area contributed by atoms with E-state index in [2.05, 4.69) is 176 Å². The van der Waals surface area contributed by atoms with Gasteiger partial charge in [0.1, 0.15) is 7.14 Å². The Hall–Kier alpha value is -6.01. The summed E-state index contributed by atoms with van der Waals surface area (Å²) in [5.74, 6) is 0. The Bertz CT molecular complexity index is 2790. The Labute approximate surface area is 305 Å². The highest BCUT2D eigenvalue weighted by Crippen LogP contribution is 2.41. The van der Waals surface area contributed by atoms with E-state index >= 15 is 0 Å². The zero-order chi connectivity index (χ0) is 35.2. The first kappa shape index (κ1) is 31.9. The predicted molar refractivity (Wildman–Crippen MR) is 225 cm³/mol. The van der Waals surface area contributed by atoms with Crippen molar-refractivity contribution in [2.45, 2.75) is 0 Å².